The van der Waals surface area contributed by atoms with E-state index in [1.54, 1.807) is 36.4 Å². The first-order chi connectivity index (χ1) is 14.5. The van der Waals surface area contributed by atoms with Crippen molar-refractivity contribution in [3.05, 3.63) is 82.8 Å². The number of amides is 1. The van der Waals surface area contributed by atoms with E-state index in [1.807, 2.05) is 0 Å². The smallest absolute Gasteiger partial charge is 0.261 e. The van der Waals surface area contributed by atoms with Gasteiger partial charge in [0, 0.05) is 15.8 Å². The van der Waals surface area contributed by atoms with E-state index >= 15 is 0 Å². The van der Waals surface area contributed by atoms with Gasteiger partial charge in [-0.1, -0.05) is 28.1 Å². The molecule has 0 unspecified atom stereocenters. The molecule has 3 rings (SSSR count). The van der Waals surface area contributed by atoms with Gasteiger partial charge in [-0.25, -0.2) is 16.8 Å². The normalized spacial score (nSPS) is 11.5. The van der Waals surface area contributed by atoms with Crippen LogP contribution in [0.3, 0.4) is 0 Å². The van der Waals surface area contributed by atoms with Crippen molar-refractivity contribution in [2.75, 3.05) is 21.0 Å². The quantitative estimate of drug-likeness (QED) is 0.433. The van der Waals surface area contributed by atoms with E-state index < -0.39 is 26.0 Å². The summed E-state index contributed by atoms with van der Waals surface area (Å²) >= 11 is 3.29. The molecule has 0 aliphatic carbocycles. The highest BCUT2D eigenvalue weighted by molar-refractivity contribution is 9.10. The lowest BCUT2D eigenvalue weighted by Crippen LogP contribution is -2.17. The number of rotatable bonds is 7. The fourth-order valence-electron chi connectivity index (χ4n) is 2.62. The topological polar surface area (TPSA) is 121 Å². The average Bonchev–Trinajstić information content (AvgIpc) is 2.69. The predicted octanol–water partition coefficient (Wildman–Crippen LogP) is 3.87. The summed E-state index contributed by atoms with van der Waals surface area (Å²) in [6.07, 6.45) is 0.989. The van der Waals surface area contributed by atoms with E-state index in [9.17, 15) is 21.6 Å². The Bertz CT molecular complexity index is 1310. The Morgan fingerprint density at radius 3 is 1.97 bits per heavy atom. The van der Waals surface area contributed by atoms with Crippen molar-refractivity contribution in [1.82, 2.24) is 0 Å². The Morgan fingerprint density at radius 1 is 0.774 bits per heavy atom. The molecule has 0 fully saturated rings. The number of para-hydroxylation sites is 1. The number of halogens is 1. The molecule has 0 aliphatic heterocycles. The molecule has 0 heterocycles. The molecule has 0 bridgehead atoms. The van der Waals surface area contributed by atoms with Crippen LogP contribution in [0.2, 0.25) is 0 Å². The van der Waals surface area contributed by atoms with Crippen LogP contribution >= 0.6 is 15.9 Å². The fourth-order valence-corrected chi connectivity index (χ4v) is 4.52. The Morgan fingerprint density at radius 2 is 1.35 bits per heavy atom. The Labute approximate surface area is 188 Å². The summed E-state index contributed by atoms with van der Waals surface area (Å²) in [4.78, 5) is 12.6. The monoisotopic (exact) mass is 523 g/mol. The Balaban J connectivity index is 1.75. The third kappa shape index (κ3) is 6.29. The van der Waals surface area contributed by atoms with Gasteiger partial charge in [0.1, 0.15) is 0 Å². The summed E-state index contributed by atoms with van der Waals surface area (Å²) in [5.74, 6) is -0.546. The van der Waals surface area contributed by atoms with Crippen LogP contribution in [0.15, 0.2) is 82.2 Å². The average molecular weight is 524 g/mol. The van der Waals surface area contributed by atoms with E-state index in [4.69, 9.17) is 0 Å². The van der Waals surface area contributed by atoms with Crippen LogP contribution in [0.5, 0.6) is 0 Å². The SMILES string of the molecule is CS(=O)(=O)Nc1ccccc1C(=O)Nc1ccc(S(=O)(=O)Nc2ccc(Br)cc2)cc1. The molecule has 31 heavy (non-hydrogen) atoms. The largest absolute Gasteiger partial charge is 0.322 e. The minimum atomic E-state index is -3.81. The zero-order valence-corrected chi connectivity index (χ0v) is 19.4. The maximum Gasteiger partial charge on any atom is 0.261 e. The van der Waals surface area contributed by atoms with Crippen molar-refractivity contribution in [1.29, 1.82) is 0 Å². The minimum absolute atomic E-state index is 0.0209. The highest BCUT2D eigenvalue weighted by Gasteiger charge is 2.16. The van der Waals surface area contributed by atoms with Crippen molar-refractivity contribution >= 4 is 58.9 Å². The molecule has 8 nitrogen and oxygen atoms in total. The highest BCUT2D eigenvalue weighted by Crippen LogP contribution is 2.22. The molecular weight excluding hydrogens is 506 g/mol. The molecule has 162 valence electrons. The molecule has 0 radical (unpaired) electrons. The predicted molar refractivity (Wildman–Crippen MR) is 124 cm³/mol. The maximum absolute atomic E-state index is 12.6. The molecule has 11 heteroatoms. The second-order valence-corrected chi connectivity index (χ2v) is 10.9. The number of carbonyl (C=O) groups excluding carboxylic acids is 1. The van der Waals surface area contributed by atoms with Gasteiger partial charge < -0.3 is 5.32 Å². The summed E-state index contributed by atoms with van der Waals surface area (Å²) in [6.45, 7) is 0. The van der Waals surface area contributed by atoms with Crippen LogP contribution in [-0.2, 0) is 20.0 Å². The van der Waals surface area contributed by atoms with Gasteiger partial charge in [0.05, 0.1) is 22.4 Å². The highest BCUT2D eigenvalue weighted by atomic mass is 79.9. The second-order valence-electron chi connectivity index (χ2n) is 6.51. The Hall–Kier alpha value is -2.89. The second kappa shape index (κ2) is 9.08. The number of anilines is 3. The number of sulfonamides is 2. The van der Waals surface area contributed by atoms with Crippen LogP contribution in [0.4, 0.5) is 17.1 Å². The lowest BCUT2D eigenvalue weighted by Gasteiger charge is -2.12. The molecule has 0 aliphatic rings. The first-order valence-electron chi connectivity index (χ1n) is 8.80. The molecule has 0 spiro atoms. The van der Waals surface area contributed by atoms with Crippen molar-refractivity contribution in [2.45, 2.75) is 4.90 Å². The van der Waals surface area contributed by atoms with Gasteiger partial charge in [-0.2, -0.15) is 0 Å². The van der Waals surface area contributed by atoms with Crippen LogP contribution in [0.1, 0.15) is 10.4 Å². The van der Waals surface area contributed by atoms with E-state index in [1.165, 1.54) is 36.4 Å². The van der Waals surface area contributed by atoms with Gasteiger partial charge in [-0.3, -0.25) is 14.2 Å². The van der Waals surface area contributed by atoms with Crippen molar-refractivity contribution in [3.8, 4) is 0 Å². The standard InChI is InChI=1S/C20H18BrN3O5S2/c1-30(26,27)24-19-5-3-2-4-18(19)20(25)22-15-10-12-17(13-11-15)31(28,29)23-16-8-6-14(21)7-9-16/h2-13,23-24H,1H3,(H,22,25). The van der Waals surface area contributed by atoms with E-state index in [0.717, 1.165) is 10.7 Å². The van der Waals surface area contributed by atoms with E-state index in [2.05, 4.69) is 30.7 Å². The van der Waals surface area contributed by atoms with E-state index in [0.29, 0.717) is 11.4 Å². The summed E-state index contributed by atoms with van der Waals surface area (Å²) in [5.41, 5.74) is 1.03. The first kappa shape index (κ1) is 22.8. The van der Waals surface area contributed by atoms with Gasteiger partial charge in [0.25, 0.3) is 15.9 Å². The molecule has 0 atom stereocenters. The molecule has 0 saturated heterocycles. The van der Waals surface area contributed by atoms with Crippen LogP contribution in [0.25, 0.3) is 0 Å². The van der Waals surface area contributed by atoms with E-state index in [-0.39, 0.29) is 16.1 Å². The summed E-state index contributed by atoms with van der Waals surface area (Å²) in [7, 11) is -7.37. The van der Waals surface area contributed by atoms with Gasteiger partial charge in [0.2, 0.25) is 10.0 Å². The van der Waals surface area contributed by atoms with Gasteiger partial charge in [0.15, 0.2) is 0 Å². The summed E-state index contributed by atoms with van der Waals surface area (Å²) < 4.78 is 53.7. The first-order valence-corrected chi connectivity index (χ1v) is 13.0. The fraction of sp³-hybridized carbons (Fsp3) is 0.0500. The molecule has 1 amide bonds. The molecule has 0 aromatic heterocycles. The number of benzene rings is 3. The molecule has 3 aromatic rings. The van der Waals surface area contributed by atoms with Gasteiger partial charge >= 0.3 is 0 Å². The number of hydrogen-bond acceptors (Lipinski definition) is 5. The number of nitrogens with one attached hydrogen (secondary N) is 3. The summed E-state index contributed by atoms with van der Waals surface area (Å²) in [6, 6.07) is 18.4. The molecule has 3 N–H and O–H groups in total. The van der Waals surface area contributed by atoms with Gasteiger partial charge in [-0.05, 0) is 60.7 Å². The molecular formula is C20H18BrN3O5S2. The minimum Gasteiger partial charge on any atom is -0.322 e. The van der Waals surface area contributed by atoms with Gasteiger partial charge in [-0.15, -0.1) is 0 Å². The lowest BCUT2D eigenvalue weighted by atomic mass is 10.1. The van der Waals surface area contributed by atoms with Crippen LogP contribution in [-0.4, -0.2) is 29.0 Å². The van der Waals surface area contributed by atoms with Crippen molar-refractivity contribution in [3.63, 3.8) is 0 Å². The summed E-state index contributed by atoms with van der Waals surface area (Å²) in [5, 5.41) is 2.62. The van der Waals surface area contributed by atoms with Crippen molar-refractivity contribution in [2.24, 2.45) is 0 Å². The zero-order valence-electron chi connectivity index (χ0n) is 16.2. The third-order valence-corrected chi connectivity index (χ3v) is 6.50. The number of hydrogen-bond donors (Lipinski definition) is 3. The van der Waals surface area contributed by atoms with Crippen LogP contribution in [0, 0.1) is 0 Å². The van der Waals surface area contributed by atoms with Crippen molar-refractivity contribution < 1.29 is 21.6 Å². The van der Waals surface area contributed by atoms with Crippen LogP contribution < -0.4 is 14.8 Å². The molecule has 0 saturated carbocycles. The Kier molecular flexibility index (Phi) is 6.68. The molecule has 3 aromatic carbocycles. The number of carbonyl (C=O) groups is 1. The maximum atomic E-state index is 12.6. The third-order valence-electron chi connectivity index (χ3n) is 3.99. The zero-order chi connectivity index (χ0) is 22.6. The lowest BCUT2D eigenvalue weighted by molar-refractivity contribution is 0.102.